The number of thiophene rings is 1. The van der Waals surface area contributed by atoms with Crippen LogP contribution in [0, 0.1) is 11.3 Å². The van der Waals surface area contributed by atoms with E-state index in [0.29, 0.717) is 21.9 Å². The Bertz CT molecular complexity index is 1490. The van der Waals surface area contributed by atoms with Crippen molar-refractivity contribution in [1.29, 1.82) is 5.26 Å². The van der Waals surface area contributed by atoms with Crippen LogP contribution in [0.1, 0.15) is 11.1 Å². The van der Waals surface area contributed by atoms with E-state index >= 15 is 0 Å². The molecule has 0 saturated carbocycles. The molecule has 5 rings (SSSR count). The number of fused-ring (bicyclic) bond motifs is 2. The average molecular weight is 429 g/mol. The highest BCUT2D eigenvalue weighted by atomic mass is 32.2. The van der Waals surface area contributed by atoms with Crippen LogP contribution in [0.3, 0.4) is 0 Å². The van der Waals surface area contributed by atoms with E-state index in [2.05, 4.69) is 6.07 Å². The summed E-state index contributed by atoms with van der Waals surface area (Å²) in [7, 11) is 1.75. The van der Waals surface area contributed by atoms with E-state index in [1.165, 1.54) is 23.1 Å². The minimum absolute atomic E-state index is 0.0508. The first-order chi connectivity index (χ1) is 14.7. The van der Waals surface area contributed by atoms with Crippen LogP contribution in [0.4, 0.5) is 0 Å². The number of benzene rings is 1. The van der Waals surface area contributed by atoms with E-state index in [0.717, 1.165) is 27.0 Å². The number of aromatic nitrogens is 3. The summed E-state index contributed by atoms with van der Waals surface area (Å²) in [5.74, 6) is 0.563. The van der Waals surface area contributed by atoms with Crippen LogP contribution >= 0.6 is 23.1 Å². The lowest BCUT2D eigenvalue weighted by molar-refractivity contribution is 0.728. The Morgan fingerprint density at radius 3 is 2.77 bits per heavy atom. The van der Waals surface area contributed by atoms with Gasteiger partial charge in [0.2, 0.25) is 0 Å². The van der Waals surface area contributed by atoms with Gasteiger partial charge in [-0.15, -0.1) is 11.3 Å². The number of rotatable bonds is 4. The van der Waals surface area contributed by atoms with Crippen LogP contribution in [0.2, 0.25) is 0 Å². The first-order valence-corrected chi connectivity index (χ1v) is 11.2. The molecule has 0 fully saturated rings. The molecule has 0 atom stereocenters. The summed E-state index contributed by atoms with van der Waals surface area (Å²) >= 11 is 2.96. The predicted molar refractivity (Wildman–Crippen MR) is 122 cm³/mol. The zero-order valence-corrected chi connectivity index (χ0v) is 17.7. The number of nitriles is 1. The number of nitrogens with zero attached hydrogens (tertiary/aromatic N) is 4. The highest BCUT2D eigenvalue weighted by Crippen LogP contribution is 2.33. The Hall–Kier alpha value is -3.34. The minimum Gasteiger partial charge on any atom is -0.322 e. The van der Waals surface area contributed by atoms with Gasteiger partial charge in [0, 0.05) is 36.1 Å². The summed E-state index contributed by atoms with van der Waals surface area (Å²) < 4.78 is 3.56. The Labute approximate surface area is 180 Å². The molecule has 0 aliphatic heterocycles. The second-order valence-electron chi connectivity index (χ2n) is 6.88. The fourth-order valence-electron chi connectivity index (χ4n) is 3.57. The van der Waals surface area contributed by atoms with Gasteiger partial charge in [-0.05, 0) is 23.3 Å². The average Bonchev–Trinajstić information content (AvgIpc) is 3.36. The zero-order chi connectivity index (χ0) is 20.7. The number of thioether (sulfide) groups is 1. The molecular weight excluding hydrogens is 412 g/mol. The third-order valence-corrected chi connectivity index (χ3v) is 7.04. The van der Waals surface area contributed by atoms with Gasteiger partial charge >= 0.3 is 0 Å². The molecule has 0 bridgehead atoms. The van der Waals surface area contributed by atoms with Gasteiger partial charge in [-0.3, -0.25) is 9.36 Å². The van der Waals surface area contributed by atoms with Crippen molar-refractivity contribution >= 4 is 38.8 Å². The summed E-state index contributed by atoms with van der Waals surface area (Å²) in [6.45, 7) is 0. The summed E-state index contributed by atoms with van der Waals surface area (Å²) in [5.41, 5.74) is 4.37. The van der Waals surface area contributed by atoms with Crippen LogP contribution in [0.15, 0.2) is 76.3 Å². The van der Waals surface area contributed by atoms with Crippen molar-refractivity contribution in [2.24, 2.45) is 7.05 Å². The SMILES string of the molecule is Cn1c(SCc2cn3ccccc3c2C#N)nc2scc(-c3ccccc3)c2c1=O. The molecular formula is C23H16N4OS2. The third kappa shape index (κ3) is 3.02. The van der Waals surface area contributed by atoms with Crippen molar-refractivity contribution in [2.75, 3.05) is 0 Å². The van der Waals surface area contributed by atoms with Crippen molar-refractivity contribution in [3.8, 4) is 17.2 Å². The summed E-state index contributed by atoms with van der Waals surface area (Å²) in [6, 6.07) is 18.0. The Morgan fingerprint density at radius 1 is 1.17 bits per heavy atom. The molecule has 0 radical (unpaired) electrons. The molecule has 0 spiro atoms. The van der Waals surface area contributed by atoms with Gasteiger partial charge in [0.15, 0.2) is 5.16 Å². The lowest BCUT2D eigenvalue weighted by Gasteiger charge is -2.07. The van der Waals surface area contributed by atoms with Gasteiger partial charge in [-0.1, -0.05) is 48.2 Å². The lowest BCUT2D eigenvalue weighted by Crippen LogP contribution is -2.19. The smallest absolute Gasteiger partial charge is 0.263 e. The normalized spacial score (nSPS) is 11.2. The van der Waals surface area contributed by atoms with Gasteiger partial charge in [0.1, 0.15) is 10.9 Å². The monoisotopic (exact) mass is 428 g/mol. The summed E-state index contributed by atoms with van der Waals surface area (Å²) in [6.07, 6.45) is 3.90. The highest BCUT2D eigenvalue weighted by molar-refractivity contribution is 7.98. The molecule has 4 aromatic heterocycles. The van der Waals surface area contributed by atoms with Crippen LogP contribution in [0.25, 0.3) is 26.9 Å². The van der Waals surface area contributed by atoms with Gasteiger partial charge in [0.05, 0.1) is 16.5 Å². The summed E-state index contributed by atoms with van der Waals surface area (Å²) in [5, 5.41) is 12.9. The van der Waals surface area contributed by atoms with Gasteiger partial charge in [0.25, 0.3) is 5.56 Å². The molecule has 0 amide bonds. The molecule has 5 nitrogen and oxygen atoms in total. The second kappa shape index (κ2) is 7.48. The lowest BCUT2D eigenvalue weighted by atomic mass is 10.1. The summed E-state index contributed by atoms with van der Waals surface area (Å²) in [4.78, 5) is 18.6. The molecule has 4 heterocycles. The van der Waals surface area contributed by atoms with E-state index in [4.69, 9.17) is 4.98 Å². The molecule has 0 aliphatic rings. The number of hydrogen-bond acceptors (Lipinski definition) is 5. The van der Waals surface area contributed by atoms with Crippen LogP contribution in [-0.4, -0.2) is 14.0 Å². The second-order valence-corrected chi connectivity index (χ2v) is 8.68. The molecule has 5 aromatic rings. The maximum Gasteiger partial charge on any atom is 0.263 e. The van der Waals surface area contributed by atoms with E-state index in [1.807, 2.05) is 70.7 Å². The van der Waals surface area contributed by atoms with Crippen LogP contribution < -0.4 is 5.56 Å². The fourth-order valence-corrected chi connectivity index (χ4v) is 5.50. The van der Waals surface area contributed by atoms with Crippen molar-refractivity contribution < 1.29 is 0 Å². The van der Waals surface area contributed by atoms with Crippen LogP contribution in [-0.2, 0) is 12.8 Å². The third-order valence-electron chi connectivity index (χ3n) is 5.09. The van der Waals surface area contributed by atoms with E-state index < -0.39 is 0 Å². The van der Waals surface area contributed by atoms with E-state index in [9.17, 15) is 10.1 Å². The van der Waals surface area contributed by atoms with Gasteiger partial charge < -0.3 is 4.40 Å². The van der Waals surface area contributed by atoms with Crippen molar-refractivity contribution in [2.45, 2.75) is 10.9 Å². The Morgan fingerprint density at radius 2 is 1.97 bits per heavy atom. The molecule has 30 heavy (non-hydrogen) atoms. The standard InChI is InChI=1S/C23H16N4OS2/c1-26-22(28)20-18(15-7-3-2-4-8-15)14-29-21(20)25-23(26)30-13-16-12-27-10-6-5-9-19(27)17(16)11-24/h2-10,12,14H,13H2,1H3. The van der Waals surface area contributed by atoms with Crippen molar-refractivity contribution in [3.63, 3.8) is 0 Å². The predicted octanol–water partition coefficient (Wildman–Crippen LogP) is 5.08. The first kappa shape index (κ1) is 18.7. The molecule has 146 valence electrons. The molecule has 0 saturated heterocycles. The van der Waals surface area contributed by atoms with Gasteiger partial charge in [-0.25, -0.2) is 4.98 Å². The highest BCUT2D eigenvalue weighted by Gasteiger charge is 2.17. The molecule has 7 heteroatoms. The quantitative estimate of drug-likeness (QED) is 0.296. The number of hydrogen-bond donors (Lipinski definition) is 0. The maximum atomic E-state index is 13.1. The van der Waals surface area contributed by atoms with Crippen molar-refractivity contribution in [3.05, 3.63) is 87.8 Å². The maximum absolute atomic E-state index is 13.1. The molecule has 0 N–H and O–H groups in total. The molecule has 0 unspecified atom stereocenters. The van der Waals surface area contributed by atoms with Crippen LogP contribution in [0.5, 0.6) is 0 Å². The first-order valence-electron chi connectivity index (χ1n) is 9.32. The minimum atomic E-state index is -0.0508. The van der Waals surface area contributed by atoms with E-state index in [1.54, 1.807) is 11.6 Å². The Kier molecular flexibility index (Phi) is 4.66. The molecule has 0 aliphatic carbocycles. The fraction of sp³-hybridized carbons (Fsp3) is 0.0870. The zero-order valence-electron chi connectivity index (χ0n) is 16.1. The largest absolute Gasteiger partial charge is 0.322 e. The topological polar surface area (TPSA) is 63.1 Å². The molecule has 1 aromatic carbocycles. The van der Waals surface area contributed by atoms with E-state index in [-0.39, 0.29) is 5.56 Å². The van der Waals surface area contributed by atoms with Crippen molar-refractivity contribution in [1.82, 2.24) is 14.0 Å². The van der Waals surface area contributed by atoms with Gasteiger partial charge in [-0.2, -0.15) is 5.26 Å². The Balaban J connectivity index is 1.53. The number of pyridine rings is 1.